The van der Waals surface area contributed by atoms with Crippen molar-refractivity contribution >= 4 is 51.1 Å². The van der Waals surface area contributed by atoms with Gasteiger partial charge in [-0.2, -0.15) is 0 Å². The normalized spacial score (nSPS) is 11.9. The van der Waals surface area contributed by atoms with E-state index in [2.05, 4.69) is 15.3 Å². The number of aromatic nitrogens is 1. The summed E-state index contributed by atoms with van der Waals surface area (Å²) >= 11 is 1.62. The zero-order chi connectivity index (χ0) is 15.9. The van der Waals surface area contributed by atoms with Crippen LogP contribution in [0.25, 0.3) is 0 Å². The Kier molecular flexibility index (Phi) is 10.2. The van der Waals surface area contributed by atoms with Crippen molar-refractivity contribution in [2.24, 2.45) is 4.99 Å². The number of aliphatic imine (C=N–C) groups is 1. The number of halogens is 1. The number of aryl methyl sites for hydroxylation is 1. The van der Waals surface area contributed by atoms with E-state index in [0.29, 0.717) is 12.5 Å². The number of rotatable bonds is 7. The molecule has 1 N–H and O–H groups in total. The molecule has 0 saturated heterocycles. The summed E-state index contributed by atoms with van der Waals surface area (Å²) in [6.45, 7) is 7.28. The number of nitrogens with zero attached hydrogens (tertiary/aromatic N) is 3. The van der Waals surface area contributed by atoms with Crippen LogP contribution in [0.1, 0.15) is 24.5 Å². The average molecular weight is 460 g/mol. The molecule has 0 aliphatic heterocycles. The average Bonchev–Trinajstić information content (AvgIpc) is 2.83. The second-order valence-electron chi connectivity index (χ2n) is 4.69. The van der Waals surface area contributed by atoms with E-state index in [9.17, 15) is 8.42 Å². The molecular weight excluding hydrogens is 435 g/mol. The van der Waals surface area contributed by atoms with Crippen LogP contribution in [0.4, 0.5) is 0 Å². The fraction of sp³-hybridized carbons (Fsp3) is 0.692. The molecule has 1 rings (SSSR count). The minimum Gasteiger partial charge on any atom is -0.357 e. The van der Waals surface area contributed by atoms with E-state index < -0.39 is 9.84 Å². The minimum absolute atomic E-state index is 0. The largest absolute Gasteiger partial charge is 0.357 e. The summed E-state index contributed by atoms with van der Waals surface area (Å²) in [5.41, 5.74) is 0.992. The first-order valence-corrected chi connectivity index (χ1v) is 9.69. The van der Waals surface area contributed by atoms with Crippen LogP contribution in [-0.2, 0) is 16.4 Å². The van der Waals surface area contributed by atoms with Crippen molar-refractivity contribution in [1.29, 1.82) is 0 Å². The molecule has 128 valence electrons. The van der Waals surface area contributed by atoms with Gasteiger partial charge in [0.2, 0.25) is 0 Å². The molecule has 0 atom stereocenters. The van der Waals surface area contributed by atoms with Gasteiger partial charge in [0.25, 0.3) is 0 Å². The van der Waals surface area contributed by atoms with Crippen LogP contribution in [0.15, 0.2) is 10.4 Å². The van der Waals surface area contributed by atoms with Crippen molar-refractivity contribution in [3.8, 4) is 0 Å². The minimum atomic E-state index is -2.98. The highest BCUT2D eigenvalue weighted by atomic mass is 127. The predicted octanol–water partition coefficient (Wildman–Crippen LogP) is 1.90. The maximum absolute atomic E-state index is 11.5. The van der Waals surface area contributed by atoms with Gasteiger partial charge < -0.3 is 10.2 Å². The molecule has 0 radical (unpaired) electrons. The maximum atomic E-state index is 11.5. The Morgan fingerprint density at radius 3 is 2.64 bits per heavy atom. The lowest BCUT2D eigenvalue weighted by atomic mass is 10.4. The summed E-state index contributed by atoms with van der Waals surface area (Å²) in [5, 5.41) is 6.23. The highest BCUT2D eigenvalue weighted by Gasteiger charge is 2.10. The van der Waals surface area contributed by atoms with Gasteiger partial charge in [0, 0.05) is 24.7 Å². The van der Waals surface area contributed by atoms with Crippen molar-refractivity contribution in [1.82, 2.24) is 15.2 Å². The number of guanidine groups is 1. The van der Waals surface area contributed by atoms with Crippen molar-refractivity contribution in [3.63, 3.8) is 0 Å². The van der Waals surface area contributed by atoms with Gasteiger partial charge in [0.15, 0.2) is 15.8 Å². The van der Waals surface area contributed by atoms with Crippen LogP contribution in [0.2, 0.25) is 0 Å². The van der Waals surface area contributed by atoms with E-state index in [0.717, 1.165) is 17.2 Å². The molecule has 1 aromatic rings. The van der Waals surface area contributed by atoms with Gasteiger partial charge in [0.05, 0.1) is 29.5 Å². The van der Waals surface area contributed by atoms with Crippen molar-refractivity contribution < 1.29 is 8.42 Å². The van der Waals surface area contributed by atoms with Gasteiger partial charge in [-0.05, 0) is 13.8 Å². The lowest BCUT2D eigenvalue weighted by Crippen LogP contribution is -2.38. The van der Waals surface area contributed by atoms with E-state index in [-0.39, 0.29) is 42.0 Å². The second-order valence-corrected chi connectivity index (χ2v) is 8.22. The fourth-order valence-corrected chi connectivity index (χ4v) is 2.97. The molecule has 22 heavy (non-hydrogen) atoms. The standard InChI is InChI=1S/C13H24N4O2S2.HI/c1-5-14-13(15-7-8-21(18,19)6-2)17(4)9-12-10-20-11(3)16-12;/h10H,5-9H2,1-4H3,(H,14,15);1H. The van der Waals surface area contributed by atoms with Crippen molar-refractivity contribution in [2.75, 3.05) is 31.6 Å². The van der Waals surface area contributed by atoms with E-state index >= 15 is 0 Å². The Labute approximate surface area is 154 Å². The molecule has 6 nitrogen and oxygen atoms in total. The van der Waals surface area contributed by atoms with Gasteiger partial charge >= 0.3 is 0 Å². The Hall–Kier alpha value is -0.420. The van der Waals surface area contributed by atoms with Gasteiger partial charge in [0.1, 0.15) is 0 Å². The van der Waals surface area contributed by atoms with Gasteiger partial charge in [-0.15, -0.1) is 35.3 Å². The Morgan fingerprint density at radius 2 is 2.14 bits per heavy atom. The molecular formula is C13H25IN4O2S2. The number of nitrogens with one attached hydrogen (secondary N) is 1. The first kappa shape index (κ1) is 21.6. The van der Waals surface area contributed by atoms with Crippen molar-refractivity contribution in [3.05, 3.63) is 16.1 Å². The summed E-state index contributed by atoms with van der Waals surface area (Å²) in [6.07, 6.45) is 0. The third kappa shape index (κ3) is 7.73. The summed E-state index contributed by atoms with van der Waals surface area (Å²) in [5.74, 6) is 0.948. The quantitative estimate of drug-likeness (QED) is 0.382. The maximum Gasteiger partial charge on any atom is 0.194 e. The topological polar surface area (TPSA) is 74.7 Å². The molecule has 0 spiro atoms. The predicted molar refractivity (Wildman–Crippen MR) is 104 cm³/mol. The van der Waals surface area contributed by atoms with Crippen LogP contribution >= 0.6 is 35.3 Å². The molecule has 0 fully saturated rings. The summed E-state index contributed by atoms with van der Waals surface area (Å²) in [6, 6.07) is 0. The summed E-state index contributed by atoms with van der Waals surface area (Å²) in [7, 11) is -1.05. The highest BCUT2D eigenvalue weighted by molar-refractivity contribution is 14.0. The molecule has 0 bridgehead atoms. The highest BCUT2D eigenvalue weighted by Crippen LogP contribution is 2.09. The number of sulfone groups is 1. The first-order valence-electron chi connectivity index (χ1n) is 6.98. The van der Waals surface area contributed by atoms with E-state index in [1.54, 1.807) is 18.3 Å². The Morgan fingerprint density at radius 1 is 1.45 bits per heavy atom. The summed E-state index contributed by atoms with van der Waals surface area (Å²) < 4.78 is 23.0. The lowest BCUT2D eigenvalue weighted by molar-refractivity contribution is 0.471. The molecule has 9 heteroatoms. The summed E-state index contributed by atoms with van der Waals surface area (Å²) in [4.78, 5) is 10.8. The number of hydrogen-bond donors (Lipinski definition) is 1. The molecule has 0 saturated carbocycles. The van der Waals surface area contributed by atoms with Gasteiger partial charge in [-0.1, -0.05) is 6.92 Å². The number of hydrogen-bond acceptors (Lipinski definition) is 5. The van der Waals surface area contributed by atoms with E-state index in [4.69, 9.17) is 0 Å². The van der Waals surface area contributed by atoms with Crippen molar-refractivity contribution in [2.45, 2.75) is 27.3 Å². The third-order valence-corrected chi connectivity index (χ3v) is 5.37. The second kappa shape index (κ2) is 10.4. The fourth-order valence-electron chi connectivity index (χ4n) is 1.70. The monoisotopic (exact) mass is 460 g/mol. The lowest BCUT2D eigenvalue weighted by Gasteiger charge is -2.21. The molecule has 1 aromatic heterocycles. The van der Waals surface area contributed by atoms with Gasteiger partial charge in [-0.3, -0.25) is 4.99 Å². The van der Waals surface area contributed by atoms with Crippen LogP contribution in [0, 0.1) is 6.92 Å². The zero-order valence-corrected chi connectivity index (χ0v) is 17.5. The smallest absolute Gasteiger partial charge is 0.194 e. The molecule has 0 amide bonds. The zero-order valence-electron chi connectivity index (χ0n) is 13.5. The van der Waals surface area contributed by atoms with E-state index in [1.807, 2.05) is 31.2 Å². The molecule has 0 aromatic carbocycles. The molecule has 1 heterocycles. The first-order chi connectivity index (χ1) is 9.88. The third-order valence-electron chi connectivity index (χ3n) is 2.87. The van der Waals surface area contributed by atoms with Crippen LogP contribution in [0.5, 0.6) is 0 Å². The van der Waals surface area contributed by atoms with Crippen LogP contribution < -0.4 is 5.32 Å². The molecule has 0 aliphatic carbocycles. The van der Waals surface area contributed by atoms with Crippen LogP contribution in [-0.4, -0.2) is 55.9 Å². The molecule has 0 aliphatic rings. The van der Waals surface area contributed by atoms with Crippen LogP contribution in [0.3, 0.4) is 0 Å². The Bertz CT molecular complexity index is 572. The molecule has 0 unspecified atom stereocenters. The van der Waals surface area contributed by atoms with Gasteiger partial charge in [-0.25, -0.2) is 13.4 Å². The number of thiazole rings is 1. The van der Waals surface area contributed by atoms with E-state index in [1.165, 1.54) is 0 Å². The Balaban J connectivity index is 0.00000441. The SMILES string of the molecule is CCNC(=NCCS(=O)(=O)CC)N(C)Cc1csc(C)n1.I.